The molecule has 2 aromatic rings. The molecule has 6 nitrogen and oxygen atoms in total. The van der Waals surface area contributed by atoms with Crippen LogP contribution in [0.2, 0.25) is 0 Å². The van der Waals surface area contributed by atoms with Crippen LogP contribution in [0, 0.1) is 5.92 Å². The van der Waals surface area contributed by atoms with Crippen molar-refractivity contribution in [2.24, 2.45) is 5.92 Å². The highest BCUT2D eigenvalue weighted by Gasteiger charge is 2.36. The van der Waals surface area contributed by atoms with Crippen molar-refractivity contribution in [3.05, 3.63) is 15.2 Å². The van der Waals surface area contributed by atoms with Gasteiger partial charge in [0, 0.05) is 10.9 Å². The predicted octanol–water partition coefficient (Wildman–Crippen LogP) is 2.59. The Morgan fingerprint density at radius 1 is 1.63 bits per heavy atom. The largest absolute Gasteiger partial charge is 0.481 e. The fraction of sp³-hybridized carbons (Fsp3) is 0.455. The van der Waals surface area contributed by atoms with Crippen LogP contribution in [0.5, 0.6) is 0 Å². The molecule has 0 amide bonds. The molecular weight excluding hydrogens is 332 g/mol. The number of rotatable bonds is 5. The molecule has 1 aliphatic rings. The Kier molecular flexibility index (Phi) is 3.36. The number of aliphatic carboxylic acids is 1. The lowest BCUT2D eigenvalue weighted by atomic mass is 10.1. The molecule has 1 unspecified atom stereocenters. The summed E-state index contributed by atoms with van der Waals surface area (Å²) in [5.41, 5.74) is 0.915. The second kappa shape index (κ2) is 5.01. The summed E-state index contributed by atoms with van der Waals surface area (Å²) >= 11 is 4.96. The van der Waals surface area contributed by atoms with Crippen LogP contribution in [-0.2, 0) is 4.79 Å². The van der Waals surface area contributed by atoms with Crippen LogP contribution in [0.4, 0.5) is 0 Å². The Bertz CT molecular complexity index is 607. The molecule has 0 aliphatic heterocycles. The maximum atomic E-state index is 11.0. The van der Waals surface area contributed by atoms with E-state index in [0.29, 0.717) is 11.7 Å². The normalized spacial score (nSPS) is 16.5. The maximum absolute atomic E-state index is 11.0. The SMILES string of the molecule is O=C(O)CC(C1CC1)n1nnnc1-c1csc(Br)c1. The fourth-order valence-corrected chi connectivity index (χ4v) is 3.28. The van der Waals surface area contributed by atoms with Crippen molar-refractivity contribution in [2.45, 2.75) is 25.3 Å². The molecule has 0 radical (unpaired) electrons. The van der Waals surface area contributed by atoms with Crippen molar-refractivity contribution in [1.82, 2.24) is 20.2 Å². The third kappa shape index (κ3) is 2.69. The van der Waals surface area contributed by atoms with Crippen molar-refractivity contribution in [2.75, 3.05) is 0 Å². The van der Waals surface area contributed by atoms with E-state index in [9.17, 15) is 4.79 Å². The van der Waals surface area contributed by atoms with Crippen molar-refractivity contribution in [3.8, 4) is 11.4 Å². The van der Waals surface area contributed by atoms with Crippen molar-refractivity contribution >= 4 is 33.2 Å². The number of thiophene rings is 1. The molecule has 2 aromatic heterocycles. The van der Waals surface area contributed by atoms with Crippen LogP contribution in [0.25, 0.3) is 11.4 Å². The summed E-state index contributed by atoms with van der Waals surface area (Å²) in [5.74, 6) is 0.199. The van der Waals surface area contributed by atoms with Gasteiger partial charge in [-0.2, -0.15) is 0 Å². The third-order valence-corrected chi connectivity index (χ3v) is 4.69. The number of carbonyl (C=O) groups is 1. The number of halogens is 1. The third-order valence-electron chi connectivity index (χ3n) is 3.18. The molecule has 3 rings (SSSR count). The molecule has 100 valence electrons. The summed E-state index contributed by atoms with van der Waals surface area (Å²) in [6, 6.07) is 1.79. The summed E-state index contributed by atoms with van der Waals surface area (Å²) < 4.78 is 2.67. The van der Waals surface area contributed by atoms with Gasteiger partial charge in [0.25, 0.3) is 0 Å². The van der Waals surface area contributed by atoms with Crippen molar-refractivity contribution in [1.29, 1.82) is 0 Å². The zero-order valence-electron chi connectivity index (χ0n) is 9.86. The molecule has 0 spiro atoms. The lowest BCUT2D eigenvalue weighted by Crippen LogP contribution is -2.18. The number of tetrazole rings is 1. The average molecular weight is 343 g/mol. The highest BCUT2D eigenvalue weighted by Crippen LogP contribution is 2.42. The lowest BCUT2D eigenvalue weighted by molar-refractivity contribution is -0.138. The topological polar surface area (TPSA) is 80.9 Å². The Morgan fingerprint density at radius 3 is 3.00 bits per heavy atom. The zero-order chi connectivity index (χ0) is 13.4. The van der Waals surface area contributed by atoms with Crippen LogP contribution in [0.3, 0.4) is 0 Å². The minimum Gasteiger partial charge on any atom is -0.481 e. The first-order chi connectivity index (χ1) is 9.15. The van der Waals surface area contributed by atoms with E-state index in [1.54, 1.807) is 16.0 Å². The molecule has 0 aromatic carbocycles. The first-order valence-electron chi connectivity index (χ1n) is 5.89. The van der Waals surface area contributed by atoms with E-state index < -0.39 is 5.97 Å². The molecule has 1 N–H and O–H groups in total. The number of nitrogens with zero attached hydrogens (tertiary/aromatic N) is 4. The number of hydrogen-bond acceptors (Lipinski definition) is 5. The van der Waals surface area contributed by atoms with E-state index in [1.165, 1.54) is 0 Å². The summed E-state index contributed by atoms with van der Waals surface area (Å²) in [5, 5.41) is 22.7. The molecular formula is C11H11BrN4O2S. The molecule has 8 heteroatoms. The highest BCUT2D eigenvalue weighted by atomic mass is 79.9. The number of carboxylic acid groups (broad SMARTS) is 1. The second-order valence-corrected chi connectivity index (χ2v) is 6.88. The van der Waals surface area contributed by atoms with E-state index in [2.05, 4.69) is 31.5 Å². The molecule has 2 heterocycles. The number of hydrogen-bond donors (Lipinski definition) is 1. The molecule has 0 bridgehead atoms. The first-order valence-corrected chi connectivity index (χ1v) is 7.56. The van der Waals surface area contributed by atoms with E-state index in [4.69, 9.17) is 5.11 Å². The number of aromatic nitrogens is 4. The molecule has 1 fully saturated rings. The van der Waals surface area contributed by atoms with Gasteiger partial charge in [0.2, 0.25) is 0 Å². The van der Waals surface area contributed by atoms with Gasteiger partial charge in [0.15, 0.2) is 5.82 Å². The highest BCUT2D eigenvalue weighted by molar-refractivity contribution is 9.11. The summed E-state index contributed by atoms with van der Waals surface area (Å²) in [7, 11) is 0. The fourth-order valence-electron chi connectivity index (χ4n) is 2.15. The molecule has 1 aliphatic carbocycles. The first kappa shape index (κ1) is 12.7. The van der Waals surface area contributed by atoms with Crippen LogP contribution >= 0.6 is 27.3 Å². The zero-order valence-corrected chi connectivity index (χ0v) is 12.3. The van der Waals surface area contributed by atoms with E-state index in [1.807, 2.05) is 11.4 Å². The van der Waals surface area contributed by atoms with Crippen LogP contribution in [0.1, 0.15) is 25.3 Å². The Morgan fingerprint density at radius 2 is 2.42 bits per heavy atom. The molecule has 0 saturated heterocycles. The predicted molar refractivity (Wildman–Crippen MR) is 72.8 cm³/mol. The average Bonchev–Trinajstić information content (AvgIpc) is 2.92. The van der Waals surface area contributed by atoms with Gasteiger partial charge in [0.1, 0.15) is 0 Å². The monoisotopic (exact) mass is 342 g/mol. The van der Waals surface area contributed by atoms with Crippen LogP contribution in [-0.4, -0.2) is 31.3 Å². The van der Waals surface area contributed by atoms with Crippen molar-refractivity contribution < 1.29 is 9.90 Å². The van der Waals surface area contributed by atoms with Gasteiger partial charge in [-0.25, -0.2) is 4.68 Å². The Hall–Kier alpha value is -1.28. The van der Waals surface area contributed by atoms with Gasteiger partial charge in [-0.1, -0.05) is 0 Å². The summed E-state index contributed by atoms with van der Waals surface area (Å²) in [6.07, 6.45) is 2.16. The smallest absolute Gasteiger partial charge is 0.305 e. The Labute approximate surface area is 121 Å². The molecule has 1 atom stereocenters. The van der Waals surface area contributed by atoms with Crippen LogP contribution < -0.4 is 0 Å². The molecule has 19 heavy (non-hydrogen) atoms. The van der Waals surface area contributed by atoms with Crippen molar-refractivity contribution in [3.63, 3.8) is 0 Å². The van der Waals surface area contributed by atoms with Gasteiger partial charge in [-0.15, -0.1) is 16.4 Å². The summed E-state index contributed by atoms with van der Waals surface area (Å²) in [4.78, 5) is 11.0. The van der Waals surface area contributed by atoms with Gasteiger partial charge >= 0.3 is 5.97 Å². The second-order valence-electron chi connectivity index (χ2n) is 4.59. The Balaban J connectivity index is 1.95. The van der Waals surface area contributed by atoms with Crippen LogP contribution in [0.15, 0.2) is 15.2 Å². The minimum absolute atomic E-state index is 0.0635. The van der Waals surface area contributed by atoms with Gasteiger partial charge in [-0.05, 0) is 51.2 Å². The number of carboxylic acids is 1. The molecule has 1 saturated carbocycles. The van der Waals surface area contributed by atoms with E-state index in [-0.39, 0.29) is 12.5 Å². The van der Waals surface area contributed by atoms with Gasteiger partial charge in [-0.3, -0.25) is 4.79 Å². The minimum atomic E-state index is -0.815. The van der Waals surface area contributed by atoms with E-state index in [0.717, 1.165) is 22.2 Å². The quantitative estimate of drug-likeness (QED) is 0.903. The lowest BCUT2D eigenvalue weighted by Gasteiger charge is -2.15. The van der Waals surface area contributed by atoms with Gasteiger partial charge < -0.3 is 5.11 Å². The maximum Gasteiger partial charge on any atom is 0.305 e. The standard InChI is InChI=1S/C11H11BrN4O2S/c12-9-3-7(5-19-9)11-13-14-15-16(11)8(4-10(17)18)6-1-2-6/h3,5-6,8H,1-2,4H2,(H,17,18). The summed E-state index contributed by atoms with van der Waals surface area (Å²) in [6.45, 7) is 0. The van der Waals surface area contributed by atoms with E-state index >= 15 is 0 Å². The van der Waals surface area contributed by atoms with Gasteiger partial charge in [0.05, 0.1) is 16.2 Å².